The maximum Gasteiger partial charge on any atom is 0.337 e. The summed E-state index contributed by atoms with van der Waals surface area (Å²) in [5.41, 5.74) is 1.49. The van der Waals surface area contributed by atoms with E-state index in [2.05, 4.69) is 6.08 Å². The lowest BCUT2D eigenvalue weighted by molar-refractivity contribution is 0.0698. The van der Waals surface area contributed by atoms with Crippen molar-refractivity contribution in [1.82, 2.24) is 0 Å². The quantitative estimate of drug-likeness (QED) is 0.817. The fraction of sp³-hybridized carbons (Fsp3) is 0.438. The zero-order valence-corrected chi connectivity index (χ0v) is 13.5. The Labute approximate surface area is 131 Å². The molecule has 0 amide bonds. The number of benzene rings is 1. The molecule has 1 aliphatic rings. The summed E-state index contributed by atoms with van der Waals surface area (Å²) in [5.74, 6) is -1.12. The molecule has 22 heavy (non-hydrogen) atoms. The monoisotopic (exact) mass is 323 g/mol. The zero-order chi connectivity index (χ0) is 16.2. The maximum absolute atomic E-state index is 12.1. The summed E-state index contributed by atoms with van der Waals surface area (Å²) in [6.07, 6.45) is 8.28. The molecule has 5 nitrogen and oxygen atoms in total. The van der Waals surface area contributed by atoms with E-state index in [-0.39, 0.29) is 17.8 Å². The molecule has 1 aromatic carbocycles. The van der Waals surface area contributed by atoms with Crippen molar-refractivity contribution in [2.45, 2.75) is 32.1 Å². The Morgan fingerprint density at radius 1 is 1.27 bits per heavy atom. The van der Waals surface area contributed by atoms with E-state index < -0.39 is 16.0 Å². The number of anilines is 1. The number of carboxylic acids is 1. The summed E-state index contributed by atoms with van der Waals surface area (Å²) in [4.78, 5) is 11.3. The van der Waals surface area contributed by atoms with Crippen molar-refractivity contribution in [3.63, 3.8) is 0 Å². The minimum atomic E-state index is -3.53. The average Bonchev–Trinajstić information content (AvgIpc) is 2.47. The first-order chi connectivity index (χ1) is 10.4. The first kappa shape index (κ1) is 16.5. The van der Waals surface area contributed by atoms with Crippen LogP contribution in [0.25, 0.3) is 0 Å². The zero-order valence-electron chi connectivity index (χ0n) is 12.7. The van der Waals surface area contributed by atoms with Gasteiger partial charge in [0.15, 0.2) is 0 Å². The van der Waals surface area contributed by atoms with Gasteiger partial charge < -0.3 is 5.11 Å². The molecule has 2 rings (SSSR count). The highest BCUT2D eigenvalue weighted by Crippen LogP contribution is 2.26. The number of carboxylic acid groups (broad SMARTS) is 1. The van der Waals surface area contributed by atoms with Gasteiger partial charge in [0.2, 0.25) is 10.0 Å². The van der Waals surface area contributed by atoms with Crippen LogP contribution in [0.4, 0.5) is 5.69 Å². The number of sulfonamides is 1. The van der Waals surface area contributed by atoms with Gasteiger partial charge >= 0.3 is 5.97 Å². The molecule has 0 atom stereocenters. The molecule has 0 unspecified atom stereocenters. The molecule has 6 heteroatoms. The van der Waals surface area contributed by atoms with Crippen LogP contribution in [0.5, 0.6) is 0 Å². The third-order valence-electron chi connectivity index (χ3n) is 3.82. The van der Waals surface area contributed by atoms with Crippen LogP contribution in [0.1, 0.15) is 42.5 Å². The van der Waals surface area contributed by atoms with Crippen molar-refractivity contribution in [3.8, 4) is 0 Å². The van der Waals surface area contributed by atoms with Crippen molar-refractivity contribution in [2.75, 3.05) is 17.1 Å². The number of carbonyl (C=O) groups is 1. The van der Waals surface area contributed by atoms with E-state index in [0.29, 0.717) is 6.42 Å². The minimum absolute atomic E-state index is 0.00514. The molecule has 120 valence electrons. The average molecular weight is 323 g/mol. The van der Waals surface area contributed by atoms with Gasteiger partial charge in [0.05, 0.1) is 17.5 Å². The molecule has 0 heterocycles. The lowest BCUT2D eigenvalue weighted by atomic mass is 9.97. The number of hydrogen-bond acceptors (Lipinski definition) is 3. The molecule has 0 aliphatic heterocycles. The molecule has 0 spiro atoms. The van der Waals surface area contributed by atoms with Gasteiger partial charge in [0.1, 0.15) is 0 Å². The largest absolute Gasteiger partial charge is 0.478 e. The molecule has 0 saturated carbocycles. The highest BCUT2D eigenvalue weighted by molar-refractivity contribution is 7.92. The first-order valence-electron chi connectivity index (χ1n) is 7.37. The van der Waals surface area contributed by atoms with Crippen LogP contribution in [0.3, 0.4) is 0 Å². The van der Waals surface area contributed by atoms with Crippen LogP contribution in [0, 0.1) is 0 Å². The third-order valence-corrected chi connectivity index (χ3v) is 5.00. The van der Waals surface area contributed by atoms with E-state index in [9.17, 15) is 18.3 Å². The Balaban J connectivity index is 2.28. The second kappa shape index (κ2) is 6.96. The van der Waals surface area contributed by atoms with Crippen LogP contribution in [-0.4, -0.2) is 32.3 Å². The fourth-order valence-corrected chi connectivity index (χ4v) is 3.65. The van der Waals surface area contributed by atoms with Crippen LogP contribution >= 0.6 is 0 Å². The Hall–Kier alpha value is -1.82. The first-order valence-corrected chi connectivity index (χ1v) is 9.22. The van der Waals surface area contributed by atoms with Crippen LogP contribution in [0.15, 0.2) is 35.9 Å². The van der Waals surface area contributed by atoms with Crippen molar-refractivity contribution >= 4 is 21.7 Å². The summed E-state index contributed by atoms with van der Waals surface area (Å²) in [6.45, 7) is 0.273. The van der Waals surface area contributed by atoms with Gasteiger partial charge in [0, 0.05) is 6.54 Å². The SMILES string of the molecule is CS(=O)(=O)N(CCC1=CCCCC1)c1ccccc1C(=O)O. The standard InChI is InChI=1S/C16H21NO4S/c1-22(20,21)17(12-11-13-7-3-2-4-8-13)15-10-6-5-9-14(15)16(18)19/h5-7,9-10H,2-4,8,11-12H2,1H3,(H,18,19). The highest BCUT2D eigenvalue weighted by atomic mass is 32.2. The van der Waals surface area contributed by atoms with Gasteiger partial charge in [-0.1, -0.05) is 23.8 Å². The van der Waals surface area contributed by atoms with Gasteiger partial charge in [-0.3, -0.25) is 4.31 Å². The summed E-state index contributed by atoms with van der Waals surface area (Å²) in [6, 6.07) is 6.21. The molecule has 1 N–H and O–H groups in total. The second-order valence-corrected chi connectivity index (χ2v) is 7.42. The number of hydrogen-bond donors (Lipinski definition) is 1. The Bertz CT molecular complexity index is 679. The Kier molecular flexibility index (Phi) is 5.24. The molecule has 0 fully saturated rings. The van der Waals surface area contributed by atoms with E-state index in [4.69, 9.17) is 0 Å². The number of nitrogens with zero attached hydrogens (tertiary/aromatic N) is 1. The summed E-state index contributed by atoms with van der Waals surface area (Å²) in [7, 11) is -3.53. The highest BCUT2D eigenvalue weighted by Gasteiger charge is 2.23. The molecule has 0 bridgehead atoms. The maximum atomic E-state index is 12.1. The molecule has 1 aliphatic carbocycles. The van der Waals surface area contributed by atoms with Crippen LogP contribution < -0.4 is 4.31 Å². The number of para-hydroxylation sites is 1. The lowest BCUT2D eigenvalue weighted by Crippen LogP contribution is -2.32. The summed E-state index contributed by atoms with van der Waals surface area (Å²) in [5, 5.41) is 9.26. The normalized spacial score (nSPS) is 15.2. The van der Waals surface area contributed by atoms with E-state index in [1.54, 1.807) is 18.2 Å². The third kappa shape index (κ3) is 4.10. The number of allylic oxidation sites excluding steroid dienone is 1. The van der Waals surface area contributed by atoms with E-state index in [0.717, 1.165) is 25.5 Å². The number of aromatic carboxylic acids is 1. The predicted octanol–water partition coefficient (Wildman–Crippen LogP) is 3.04. The minimum Gasteiger partial charge on any atom is -0.478 e. The van der Waals surface area contributed by atoms with Gasteiger partial charge in [-0.05, 0) is 44.2 Å². The van der Waals surface area contributed by atoms with Gasteiger partial charge in [-0.25, -0.2) is 13.2 Å². The van der Waals surface area contributed by atoms with E-state index in [1.165, 1.54) is 22.4 Å². The Morgan fingerprint density at radius 2 is 2.00 bits per heavy atom. The van der Waals surface area contributed by atoms with Crippen molar-refractivity contribution < 1.29 is 18.3 Å². The van der Waals surface area contributed by atoms with Crippen molar-refractivity contribution in [1.29, 1.82) is 0 Å². The van der Waals surface area contributed by atoms with E-state index in [1.807, 2.05) is 0 Å². The summed E-state index contributed by atoms with van der Waals surface area (Å²) >= 11 is 0. The second-order valence-electron chi connectivity index (χ2n) is 5.52. The Morgan fingerprint density at radius 3 is 2.59 bits per heavy atom. The predicted molar refractivity (Wildman–Crippen MR) is 86.8 cm³/mol. The number of rotatable bonds is 6. The smallest absolute Gasteiger partial charge is 0.337 e. The van der Waals surface area contributed by atoms with Crippen LogP contribution in [-0.2, 0) is 10.0 Å². The van der Waals surface area contributed by atoms with Gasteiger partial charge in [-0.15, -0.1) is 0 Å². The van der Waals surface area contributed by atoms with Gasteiger partial charge in [0.25, 0.3) is 0 Å². The summed E-state index contributed by atoms with van der Waals surface area (Å²) < 4.78 is 25.4. The topological polar surface area (TPSA) is 74.7 Å². The molecule has 1 aromatic rings. The van der Waals surface area contributed by atoms with Gasteiger partial charge in [-0.2, -0.15) is 0 Å². The van der Waals surface area contributed by atoms with Crippen LogP contribution in [0.2, 0.25) is 0 Å². The lowest BCUT2D eigenvalue weighted by Gasteiger charge is -2.25. The molecule has 0 radical (unpaired) electrons. The molecule has 0 saturated heterocycles. The fourth-order valence-electron chi connectivity index (χ4n) is 2.71. The molecular weight excluding hydrogens is 302 g/mol. The van der Waals surface area contributed by atoms with E-state index >= 15 is 0 Å². The van der Waals surface area contributed by atoms with Crippen molar-refractivity contribution in [3.05, 3.63) is 41.5 Å². The van der Waals surface area contributed by atoms with Crippen molar-refractivity contribution in [2.24, 2.45) is 0 Å². The molecule has 0 aromatic heterocycles. The molecular formula is C16H21NO4S.